The van der Waals surface area contributed by atoms with Crippen molar-refractivity contribution < 1.29 is 9.59 Å². The van der Waals surface area contributed by atoms with Crippen molar-refractivity contribution >= 4 is 17.5 Å². The Morgan fingerprint density at radius 2 is 1.62 bits per heavy atom. The molecule has 2 heterocycles. The molecule has 0 radical (unpaired) electrons. The minimum atomic E-state index is -0.232. The fourth-order valence-corrected chi connectivity index (χ4v) is 5.05. The van der Waals surface area contributed by atoms with E-state index in [-0.39, 0.29) is 17.9 Å². The second kappa shape index (κ2) is 10.3. The van der Waals surface area contributed by atoms with Gasteiger partial charge in [0.25, 0.3) is 0 Å². The molecule has 2 fully saturated rings. The van der Waals surface area contributed by atoms with Gasteiger partial charge in [-0.25, -0.2) is 0 Å². The zero-order chi connectivity index (χ0) is 22.5. The van der Waals surface area contributed by atoms with Crippen LogP contribution < -0.4 is 5.32 Å². The molecule has 0 bridgehead atoms. The predicted molar refractivity (Wildman–Crippen MR) is 129 cm³/mol. The van der Waals surface area contributed by atoms with Crippen molar-refractivity contribution in [2.45, 2.75) is 45.6 Å². The Hall–Kier alpha value is -2.66. The standard InChI is InChI=1S/C27H35N3O2/c1-20-9-8-16-30(19-20)27(32)23-14-17-29(18-15-23)21(2)26(31)28-25-13-7-6-12-24(25)22-10-4-3-5-11-22/h3-7,10-13,20-21,23H,8-9,14-19H2,1-2H3,(H,28,31). The van der Waals surface area contributed by atoms with Crippen molar-refractivity contribution in [2.24, 2.45) is 11.8 Å². The highest BCUT2D eigenvalue weighted by atomic mass is 16.2. The first-order valence-electron chi connectivity index (χ1n) is 12.0. The fraction of sp³-hybridized carbons (Fsp3) is 0.481. The molecule has 2 atom stereocenters. The molecular formula is C27H35N3O2. The smallest absolute Gasteiger partial charge is 0.241 e. The quantitative estimate of drug-likeness (QED) is 0.747. The van der Waals surface area contributed by atoms with Crippen molar-refractivity contribution in [3.63, 3.8) is 0 Å². The Bertz CT molecular complexity index is 922. The summed E-state index contributed by atoms with van der Waals surface area (Å²) in [6, 6.07) is 17.8. The van der Waals surface area contributed by atoms with Gasteiger partial charge < -0.3 is 10.2 Å². The van der Waals surface area contributed by atoms with E-state index in [2.05, 4.69) is 34.2 Å². The van der Waals surface area contributed by atoms with E-state index in [1.54, 1.807) is 0 Å². The van der Waals surface area contributed by atoms with Crippen LogP contribution in [0.15, 0.2) is 54.6 Å². The fourth-order valence-electron chi connectivity index (χ4n) is 5.05. The summed E-state index contributed by atoms with van der Waals surface area (Å²) < 4.78 is 0. The number of carbonyl (C=O) groups is 2. The summed E-state index contributed by atoms with van der Waals surface area (Å²) in [6.45, 7) is 7.58. The van der Waals surface area contributed by atoms with E-state index in [1.165, 1.54) is 6.42 Å². The van der Waals surface area contributed by atoms with Crippen LogP contribution >= 0.6 is 0 Å². The molecule has 4 rings (SSSR count). The van der Waals surface area contributed by atoms with Gasteiger partial charge in [0.05, 0.1) is 6.04 Å². The average Bonchev–Trinajstić information content (AvgIpc) is 2.84. The summed E-state index contributed by atoms with van der Waals surface area (Å²) in [5.41, 5.74) is 2.94. The molecule has 1 N–H and O–H groups in total. The first kappa shape index (κ1) is 22.5. The Morgan fingerprint density at radius 1 is 0.938 bits per heavy atom. The first-order valence-corrected chi connectivity index (χ1v) is 12.0. The Morgan fingerprint density at radius 3 is 2.34 bits per heavy atom. The maximum atomic E-state index is 13.1. The van der Waals surface area contributed by atoms with Gasteiger partial charge in [-0.05, 0) is 63.2 Å². The molecule has 2 aliphatic heterocycles. The molecule has 2 amide bonds. The second-order valence-corrected chi connectivity index (χ2v) is 9.42. The van der Waals surface area contributed by atoms with Crippen molar-refractivity contribution in [3.05, 3.63) is 54.6 Å². The zero-order valence-electron chi connectivity index (χ0n) is 19.3. The van der Waals surface area contributed by atoms with E-state index < -0.39 is 0 Å². The summed E-state index contributed by atoms with van der Waals surface area (Å²) in [4.78, 5) is 30.3. The molecule has 0 aliphatic carbocycles. The van der Waals surface area contributed by atoms with Crippen molar-refractivity contribution in [1.82, 2.24) is 9.80 Å². The van der Waals surface area contributed by atoms with Crippen LogP contribution in [-0.2, 0) is 9.59 Å². The zero-order valence-corrected chi connectivity index (χ0v) is 19.3. The minimum absolute atomic E-state index is 0.00279. The normalized spacial score (nSPS) is 21.2. The molecule has 2 aromatic carbocycles. The van der Waals surface area contributed by atoms with E-state index >= 15 is 0 Å². The summed E-state index contributed by atoms with van der Waals surface area (Å²) >= 11 is 0. The third kappa shape index (κ3) is 5.21. The molecule has 0 aromatic heterocycles. The average molecular weight is 434 g/mol. The van der Waals surface area contributed by atoms with Crippen LogP contribution in [0, 0.1) is 11.8 Å². The molecule has 0 spiro atoms. The van der Waals surface area contributed by atoms with Crippen LogP contribution in [0.4, 0.5) is 5.69 Å². The largest absolute Gasteiger partial charge is 0.342 e. The Labute approximate surface area is 191 Å². The van der Waals surface area contributed by atoms with Crippen LogP contribution in [0.25, 0.3) is 11.1 Å². The number of carbonyl (C=O) groups excluding carboxylic acids is 2. The van der Waals surface area contributed by atoms with Crippen LogP contribution in [0.3, 0.4) is 0 Å². The molecule has 2 saturated heterocycles. The van der Waals surface area contributed by atoms with Gasteiger partial charge in [-0.2, -0.15) is 0 Å². The lowest BCUT2D eigenvalue weighted by molar-refractivity contribution is -0.139. The topological polar surface area (TPSA) is 52.7 Å². The number of anilines is 1. The van der Waals surface area contributed by atoms with Gasteiger partial charge >= 0.3 is 0 Å². The summed E-state index contributed by atoms with van der Waals surface area (Å²) in [5, 5.41) is 3.14. The molecule has 5 nitrogen and oxygen atoms in total. The highest BCUT2D eigenvalue weighted by molar-refractivity contribution is 5.98. The Balaban J connectivity index is 1.34. The maximum absolute atomic E-state index is 13.1. The minimum Gasteiger partial charge on any atom is -0.342 e. The molecule has 32 heavy (non-hydrogen) atoms. The maximum Gasteiger partial charge on any atom is 0.241 e. The predicted octanol–water partition coefficient (Wildman–Crippen LogP) is 4.65. The molecule has 5 heteroatoms. The van der Waals surface area contributed by atoms with Crippen molar-refractivity contribution in [3.8, 4) is 11.1 Å². The number of rotatable bonds is 5. The van der Waals surface area contributed by atoms with Gasteiger partial charge in [-0.3, -0.25) is 14.5 Å². The van der Waals surface area contributed by atoms with E-state index in [9.17, 15) is 9.59 Å². The highest BCUT2D eigenvalue weighted by Crippen LogP contribution is 2.29. The third-order valence-corrected chi connectivity index (χ3v) is 7.04. The highest BCUT2D eigenvalue weighted by Gasteiger charge is 2.33. The van der Waals surface area contributed by atoms with E-state index in [0.717, 1.165) is 62.3 Å². The number of para-hydroxylation sites is 1. The number of likely N-dealkylation sites (tertiary alicyclic amines) is 2. The number of piperidine rings is 2. The van der Waals surface area contributed by atoms with Crippen molar-refractivity contribution in [1.29, 1.82) is 0 Å². The lowest BCUT2D eigenvalue weighted by Gasteiger charge is -2.38. The van der Waals surface area contributed by atoms with Crippen LogP contribution in [0.5, 0.6) is 0 Å². The van der Waals surface area contributed by atoms with E-state index in [4.69, 9.17) is 0 Å². The number of amides is 2. The van der Waals surface area contributed by atoms with Gasteiger partial charge in [0, 0.05) is 30.3 Å². The molecule has 0 saturated carbocycles. The number of hydrogen-bond acceptors (Lipinski definition) is 3. The molecular weight excluding hydrogens is 398 g/mol. The summed E-state index contributed by atoms with van der Waals surface area (Å²) in [5.74, 6) is 1.04. The molecule has 2 aromatic rings. The lowest BCUT2D eigenvalue weighted by atomic mass is 9.92. The van der Waals surface area contributed by atoms with E-state index in [0.29, 0.717) is 11.8 Å². The molecule has 170 valence electrons. The number of hydrogen-bond donors (Lipinski definition) is 1. The van der Waals surface area contributed by atoms with Crippen LogP contribution in [0.2, 0.25) is 0 Å². The van der Waals surface area contributed by atoms with Crippen molar-refractivity contribution in [2.75, 3.05) is 31.5 Å². The second-order valence-electron chi connectivity index (χ2n) is 9.42. The van der Waals surface area contributed by atoms with Gasteiger partial charge in [0.15, 0.2) is 0 Å². The molecule has 2 aliphatic rings. The number of nitrogens with one attached hydrogen (secondary N) is 1. The van der Waals surface area contributed by atoms with Gasteiger partial charge in [0.2, 0.25) is 11.8 Å². The summed E-state index contributed by atoms with van der Waals surface area (Å²) in [7, 11) is 0. The lowest BCUT2D eigenvalue weighted by Crippen LogP contribution is -2.49. The first-order chi connectivity index (χ1) is 15.5. The monoisotopic (exact) mass is 433 g/mol. The van der Waals surface area contributed by atoms with Gasteiger partial charge in [0.1, 0.15) is 0 Å². The summed E-state index contributed by atoms with van der Waals surface area (Å²) in [6.07, 6.45) is 4.01. The SMILES string of the molecule is CC1CCCN(C(=O)C2CCN(C(C)C(=O)Nc3ccccc3-c3ccccc3)CC2)C1. The van der Waals surface area contributed by atoms with Crippen LogP contribution in [0.1, 0.15) is 39.5 Å². The van der Waals surface area contributed by atoms with E-state index in [1.807, 2.05) is 49.4 Å². The molecule has 2 unspecified atom stereocenters. The third-order valence-electron chi connectivity index (χ3n) is 7.04. The van der Waals surface area contributed by atoms with Crippen LogP contribution in [-0.4, -0.2) is 53.8 Å². The van der Waals surface area contributed by atoms with Gasteiger partial charge in [-0.1, -0.05) is 55.5 Å². The number of benzene rings is 2. The Kier molecular flexibility index (Phi) is 7.26. The number of nitrogens with zero attached hydrogens (tertiary/aromatic N) is 2. The van der Waals surface area contributed by atoms with Gasteiger partial charge in [-0.15, -0.1) is 0 Å².